The predicted octanol–water partition coefficient (Wildman–Crippen LogP) is 1.71. The number of sulfone groups is 1. The van der Waals surface area contributed by atoms with E-state index in [9.17, 15) is 13.2 Å². The van der Waals surface area contributed by atoms with Crippen LogP contribution in [0.25, 0.3) is 0 Å². The fourth-order valence-electron chi connectivity index (χ4n) is 2.58. The largest absolute Gasteiger partial charge is 0.336 e. The molecule has 0 radical (unpaired) electrons. The van der Waals surface area contributed by atoms with Gasteiger partial charge in [0.2, 0.25) is 20.1 Å². The molecule has 1 atom stereocenters. The van der Waals surface area contributed by atoms with Gasteiger partial charge >= 0.3 is 0 Å². The third kappa shape index (κ3) is 2.88. The number of thiazole rings is 1. The van der Waals surface area contributed by atoms with Crippen LogP contribution in [0, 0.1) is 5.92 Å². The number of rotatable bonds is 6. The Kier molecular flexibility index (Phi) is 3.58. The van der Waals surface area contributed by atoms with Gasteiger partial charge in [-0.05, 0) is 38.5 Å². The second-order valence-corrected chi connectivity index (χ2v) is 8.73. The molecular formula is C13H18N2O3S2. The van der Waals surface area contributed by atoms with Crippen LogP contribution in [0.2, 0.25) is 0 Å². The molecule has 1 aromatic rings. The van der Waals surface area contributed by atoms with Crippen molar-refractivity contribution in [3.63, 3.8) is 0 Å². The van der Waals surface area contributed by atoms with Crippen molar-refractivity contribution in [3.05, 3.63) is 11.6 Å². The summed E-state index contributed by atoms with van der Waals surface area (Å²) in [6, 6.07) is 0.422. The molecule has 0 aromatic carbocycles. The average molecular weight is 314 g/mol. The number of aromatic nitrogens is 1. The van der Waals surface area contributed by atoms with Crippen molar-refractivity contribution in [2.24, 2.45) is 5.92 Å². The van der Waals surface area contributed by atoms with Gasteiger partial charge in [0.1, 0.15) is 5.75 Å². The molecule has 2 fully saturated rings. The normalized spacial score (nSPS) is 20.6. The van der Waals surface area contributed by atoms with Gasteiger partial charge in [-0.3, -0.25) is 4.79 Å². The zero-order valence-corrected chi connectivity index (χ0v) is 13.0. The van der Waals surface area contributed by atoms with E-state index in [1.807, 2.05) is 11.8 Å². The SMILES string of the molecule is C[C@H](C1CC1)N(C(=O)CS(=O)(=O)c1nccs1)C1CC1. The Balaban J connectivity index is 1.73. The highest BCUT2D eigenvalue weighted by molar-refractivity contribution is 7.93. The highest BCUT2D eigenvalue weighted by atomic mass is 32.2. The summed E-state index contributed by atoms with van der Waals surface area (Å²) in [5.41, 5.74) is 0. The minimum atomic E-state index is -3.59. The number of carbonyl (C=O) groups excluding carboxylic acids is 1. The first-order valence-corrected chi connectivity index (χ1v) is 9.45. The summed E-state index contributed by atoms with van der Waals surface area (Å²) >= 11 is 1.06. The molecule has 0 saturated heterocycles. The summed E-state index contributed by atoms with van der Waals surface area (Å²) in [4.78, 5) is 18.1. The summed E-state index contributed by atoms with van der Waals surface area (Å²) in [5.74, 6) is -0.155. The van der Waals surface area contributed by atoms with Gasteiger partial charge in [0, 0.05) is 23.7 Å². The minimum Gasteiger partial charge on any atom is -0.336 e. The Morgan fingerprint density at radius 1 is 1.45 bits per heavy atom. The summed E-state index contributed by atoms with van der Waals surface area (Å²) in [6.45, 7) is 2.05. The van der Waals surface area contributed by atoms with Crippen LogP contribution in [0.4, 0.5) is 0 Å². The van der Waals surface area contributed by atoms with E-state index in [1.54, 1.807) is 5.38 Å². The van der Waals surface area contributed by atoms with E-state index in [0.717, 1.165) is 37.0 Å². The van der Waals surface area contributed by atoms with Crippen molar-refractivity contribution in [2.45, 2.75) is 49.0 Å². The van der Waals surface area contributed by atoms with Crippen LogP contribution in [0.5, 0.6) is 0 Å². The first kappa shape index (κ1) is 14.0. The molecule has 2 saturated carbocycles. The molecule has 110 valence electrons. The Labute approximate surface area is 122 Å². The van der Waals surface area contributed by atoms with Crippen LogP contribution < -0.4 is 0 Å². The zero-order chi connectivity index (χ0) is 14.3. The highest BCUT2D eigenvalue weighted by Crippen LogP contribution is 2.39. The van der Waals surface area contributed by atoms with Crippen molar-refractivity contribution in [1.82, 2.24) is 9.88 Å². The fraction of sp³-hybridized carbons (Fsp3) is 0.692. The van der Waals surface area contributed by atoms with E-state index in [-0.39, 0.29) is 22.3 Å². The van der Waals surface area contributed by atoms with Gasteiger partial charge in [0.15, 0.2) is 0 Å². The number of carbonyl (C=O) groups is 1. The molecule has 0 unspecified atom stereocenters. The molecule has 7 heteroatoms. The van der Waals surface area contributed by atoms with E-state index in [4.69, 9.17) is 0 Å². The Hall–Kier alpha value is -0.950. The van der Waals surface area contributed by atoms with Gasteiger partial charge in [-0.25, -0.2) is 13.4 Å². The molecule has 1 heterocycles. The van der Waals surface area contributed by atoms with E-state index >= 15 is 0 Å². The van der Waals surface area contributed by atoms with E-state index in [0.29, 0.717) is 5.92 Å². The lowest BCUT2D eigenvalue weighted by Crippen LogP contribution is -2.44. The third-order valence-corrected chi connectivity index (χ3v) is 6.84. The highest BCUT2D eigenvalue weighted by Gasteiger charge is 2.42. The van der Waals surface area contributed by atoms with Crippen molar-refractivity contribution in [2.75, 3.05) is 5.75 Å². The van der Waals surface area contributed by atoms with Crippen LogP contribution >= 0.6 is 11.3 Å². The first-order chi connectivity index (χ1) is 9.49. The number of amides is 1. The summed E-state index contributed by atoms with van der Waals surface area (Å²) in [6.07, 6.45) is 5.75. The summed E-state index contributed by atoms with van der Waals surface area (Å²) < 4.78 is 24.4. The quantitative estimate of drug-likeness (QED) is 0.801. The van der Waals surface area contributed by atoms with Gasteiger partial charge < -0.3 is 4.90 Å². The average Bonchev–Trinajstić information content (AvgIpc) is 3.29. The summed E-state index contributed by atoms with van der Waals surface area (Å²) in [5, 5.41) is 1.61. The van der Waals surface area contributed by atoms with Crippen molar-refractivity contribution >= 4 is 27.1 Å². The van der Waals surface area contributed by atoms with Crippen molar-refractivity contribution in [3.8, 4) is 0 Å². The fourth-order valence-corrected chi connectivity index (χ4v) is 4.69. The van der Waals surface area contributed by atoms with E-state index in [1.165, 1.54) is 6.20 Å². The number of hydrogen-bond acceptors (Lipinski definition) is 5. The number of nitrogens with zero attached hydrogens (tertiary/aromatic N) is 2. The maximum Gasteiger partial charge on any atom is 0.238 e. The van der Waals surface area contributed by atoms with Crippen LogP contribution in [0.1, 0.15) is 32.6 Å². The minimum absolute atomic E-state index is 0.0423. The zero-order valence-electron chi connectivity index (χ0n) is 11.4. The second kappa shape index (κ2) is 5.11. The van der Waals surface area contributed by atoms with Crippen LogP contribution in [0.3, 0.4) is 0 Å². The molecule has 2 aliphatic carbocycles. The van der Waals surface area contributed by atoms with E-state index < -0.39 is 15.6 Å². The monoisotopic (exact) mass is 314 g/mol. The molecule has 0 aliphatic heterocycles. The van der Waals surface area contributed by atoms with Gasteiger partial charge in [-0.2, -0.15) is 0 Å². The lowest BCUT2D eigenvalue weighted by Gasteiger charge is -2.29. The Morgan fingerprint density at radius 3 is 2.65 bits per heavy atom. The van der Waals surface area contributed by atoms with Crippen LogP contribution in [0.15, 0.2) is 15.9 Å². The van der Waals surface area contributed by atoms with Crippen molar-refractivity contribution in [1.29, 1.82) is 0 Å². The standard InChI is InChI=1S/C13H18N2O3S2/c1-9(10-2-3-10)15(11-4-5-11)12(16)8-20(17,18)13-14-6-7-19-13/h6-7,9-11H,2-5,8H2,1H3/t9-/m1/s1. The van der Waals surface area contributed by atoms with Gasteiger partial charge in [-0.15, -0.1) is 11.3 Å². The first-order valence-electron chi connectivity index (χ1n) is 6.92. The van der Waals surface area contributed by atoms with E-state index in [2.05, 4.69) is 4.98 Å². The molecule has 1 aromatic heterocycles. The summed E-state index contributed by atoms with van der Waals surface area (Å²) in [7, 11) is -3.59. The maximum atomic E-state index is 12.4. The second-order valence-electron chi connectivity index (χ2n) is 5.67. The molecular weight excluding hydrogens is 296 g/mol. The lowest BCUT2D eigenvalue weighted by atomic mass is 10.2. The Morgan fingerprint density at radius 2 is 2.15 bits per heavy atom. The molecule has 5 nitrogen and oxygen atoms in total. The van der Waals surface area contributed by atoms with Crippen LogP contribution in [-0.4, -0.2) is 42.0 Å². The molecule has 1 amide bonds. The molecule has 3 rings (SSSR count). The predicted molar refractivity (Wildman–Crippen MR) is 76.2 cm³/mol. The lowest BCUT2D eigenvalue weighted by molar-refractivity contribution is -0.131. The molecule has 0 spiro atoms. The van der Waals surface area contributed by atoms with Gasteiger partial charge in [0.25, 0.3) is 0 Å². The van der Waals surface area contributed by atoms with Crippen LogP contribution in [-0.2, 0) is 14.6 Å². The number of hydrogen-bond donors (Lipinski definition) is 0. The molecule has 0 N–H and O–H groups in total. The van der Waals surface area contributed by atoms with Gasteiger partial charge in [0.05, 0.1) is 0 Å². The smallest absolute Gasteiger partial charge is 0.238 e. The molecule has 2 aliphatic rings. The van der Waals surface area contributed by atoms with Gasteiger partial charge in [-0.1, -0.05) is 0 Å². The topological polar surface area (TPSA) is 67.3 Å². The third-order valence-electron chi connectivity index (χ3n) is 3.96. The molecule has 0 bridgehead atoms. The maximum absolute atomic E-state index is 12.4. The molecule has 20 heavy (non-hydrogen) atoms. The van der Waals surface area contributed by atoms with Crippen molar-refractivity contribution < 1.29 is 13.2 Å². The Bertz CT molecular complexity index is 589.